The quantitative estimate of drug-likeness (QED) is 0.489. The van der Waals surface area contributed by atoms with Gasteiger partial charge in [-0.3, -0.25) is 4.79 Å². The Morgan fingerprint density at radius 3 is 2.42 bits per heavy atom. The number of aryl methyl sites for hydroxylation is 1. The summed E-state index contributed by atoms with van der Waals surface area (Å²) < 4.78 is 32.2. The maximum absolute atomic E-state index is 12.8. The van der Waals surface area contributed by atoms with Crippen LogP contribution >= 0.6 is 0 Å². The molecule has 0 saturated heterocycles. The summed E-state index contributed by atoms with van der Waals surface area (Å²) in [5, 5.41) is 4.61. The molecule has 0 spiro atoms. The van der Waals surface area contributed by atoms with Crippen LogP contribution in [0.4, 0.5) is 0 Å². The van der Waals surface area contributed by atoms with E-state index in [2.05, 4.69) is 5.32 Å². The minimum absolute atomic E-state index is 0.178. The van der Waals surface area contributed by atoms with E-state index in [4.69, 9.17) is 4.74 Å². The van der Waals surface area contributed by atoms with Gasteiger partial charge in [-0.1, -0.05) is 42.5 Å². The van der Waals surface area contributed by atoms with Gasteiger partial charge in [0.15, 0.2) is 0 Å². The molecule has 31 heavy (non-hydrogen) atoms. The van der Waals surface area contributed by atoms with Crippen LogP contribution in [0.5, 0.6) is 5.75 Å². The van der Waals surface area contributed by atoms with Crippen molar-refractivity contribution < 1.29 is 17.9 Å². The van der Waals surface area contributed by atoms with Crippen LogP contribution in [-0.4, -0.2) is 45.4 Å². The number of nitrogens with one attached hydrogen (secondary N) is 1. The van der Waals surface area contributed by atoms with E-state index < -0.39 is 10.0 Å². The fourth-order valence-corrected chi connectivity index (χ4v) is 4.45. The lowest BCUT2D eigenvalue weighted by Gasteiger charge is -2.17. The van der Waals surface area contributed by atoms with Gasteiger partial charge < -0.3 is 10.1 Å². The van der Waals surface area contributed by atoms with E-state index in [-0.39, 0.29) is 17.3 Å². The predicted molar refractivity (Wildman–Crippen MR) is 123 cm³/mol. The van der Waals surface area contributed by atoms with Crippen LogP contribution in [0.15, 0.2) is 71.6 Å². The first-order valence-corrected chi connectivity index (χ1v) is 11.8. The number of likely N-dealkylation sites (N-methyl/N-ethyl adjacent to an activating group) is 1. The van der Waals surface area contributed by atoms with Crippen molar-refractivity contribution in [3.05, 3.63) is 72.3 Å². The molecule has 0 atom stereocenters. The molecule has 0 fully saturated rings. The fourth-order valence-electron chi connectivity index (χ4n) is 3.29. The van der Waals surface area contributed by atoms with Crippen molar-refractivity contribution in [2.24, 2.45) is 0 Å². The largest absolute Gasteiger partial charge is 0.494 e. The zero-order valence-corrected chi connectivity index (χ0v) is 18.7. The van der Waals surface area contributed by atoms with E-state index >= 15 is 0 Å². The van der Waals surface area contributed by atoms with Gasteiger partial charge in [-0.05, 0) is 60.4 Å². The number of carbonyl (C=O) groups is 1. The molecule has 0 aromatic heterocycles. The second-order valence-electron chi connectivity index (χ2n) is 7.30. The van der Waals surface area contributed by atoms with Gasteiger partial charge in [0, 0.05) is 13.6 Å². The van der Waals surface area contributed by atoms with Crippen LogP contribution < -0.4 is 10.1 Å². The third-order valence-electron chi connectivity index (χ3n) is 4.99. The number of carbonyl (C=O) groups excluding carboxylic acids is 1. The van der Waals surface area contributed by atoms with Crippen LogP contribution in [0, 0.1) is 0 Å². The Morgan fingerprint density at radius 1 is 1.00 bits per heavy atom. The van der Waals surface area contributed by atoms with Crippen molar-refractivity contribution in [2.45, 2.75) is 24.7 Å². The molecule has 0 radical (unpaired) electrons. The molecule has 0 heterocycles. The summed E-state index contributed by atoms with van der Waals surface area (Å²) in [5.41, 5.74) is 1.16. The molecule has 3 aromatic rings. The number of benzene rings is 3. The molecule has 3 rings (SSSR count). The Morgan fingerprint density at radius 2 is 1.71 bits per heavy atom. The lowest BCUT2D eigenvalue weighted by atomic mass is 10.1. The Bertz CT molecular complexity index is 1130. The molecule has 0 saturated carbocycles. The first-order valence-electron chi connectivity index (χ1n) is 10.3. The maximum Gasteiger partial charge on any atom is 0.243 e. The van der Waals surface area contributed by atoms with Crippen LogP contribution in [0.2, 0.25) is 0 Å². The zero-order chi connectivity index (χ0) is 22.3. The third-order valence-corrected chi connectivity index (χ3v) is 6.79. The highest BCUT2D eigenvalue weighted by Gasteiger charge is 2.23. The summed E-state index contributed by atoms with van der Waals surface area (Å²) in [6.45, 7) is 2.84. The second-order valence-corrected chi connectivity index (χ2v) is 9.35. The SMILES string of the molecule is CCOc1ccc(CCCNC(=O)CN(C)S(=O)(=O)c2ccc3ccccc3c2)cc1. The first-order chi connectivity index (χ1) is 14.9. The monoisotopic (exact) mass is 440 g/mol. The molecule has 1 N–H and O–H groups in total. The van der Waals surface area contributed by atoms with E-state index in [1.807, 2.05) is 55.5 Å². The van der Waals surface area contributed by atoms with Gasteiger partial charge in [0.05, 0.1) is 18.0 Å². The van der Waals surface area contributed by atoms with Crippen molar-refractivity contribution in [2.75, 3.05) is 26.7 Å². The van der Waals surface area contributed by atoms with E-state index in [0.717, 1.165) is 39.2 Å². The van der Waals surface area contributed by atoms with E-state index in [1.165, 1.54) is 7.05 Å². The Kier molecular flexibility index (Phi) is 7.65. The summed E-state index contributed by atoms with van der Waals surface area (Å²) in [4.78, 5) is 12.4. The highest BCUT2D eigenvalue weighted by molar-refractivity contribution is 7.89. The molecule has 0 aliphatic heterocycles. The van der Waals surface area contributed by atoms with Crippen LogP contribution in [0.3, 0.4) is 0 Å². The number of hydrogen-bond donors (Lipinski definition) is 1. The highest BCUT2D eigenvalue weighted by atomic mass is 32.2. The highest BCUT2D eigenvalue weighted by Crippen LogP contribution is 2.21. The van der Waals surface area contributed by atoms with Crippen molar-refractivity contribution in [1.29, 1.82) is 0 Å². The number of rotatable bonds is 10. The summed E-state index contributed by atoms with van der Waals surface area (Å²) in [6, 6.07) is 20.4. The van der Waals surface area contributed by atoms with Gasteiger partial charge in [-0.15, -0.1) is 0 Å². The lowest BCUT2D eigenvalue weighted by molar-refractivity contribution is -0.121. The predicted octanol–water partition coefficient (Wildman–Crippen LogP) is 3.61. The van der Waals surface area contributed by atoms with Gasteiger partial charge in [0.1, 0.15) is 5.75 Å². The Hall–Kier alpha value is -2.90. The van der Waals surface area contributed by atoms with Crippen molar-refractivity contribution >= 4 is 26.7 Å². The third kappa shape index (κ3) is 6.06. The van der Waals surface area contributed by atoms with Crippen LogP contribution in [0.1, 0.15) is 18.9 Å². The molecule has 3 aromatic carbocycles. The molecule has 6 nitrogen and oxygen atoms in total. The molecule has 0 aliphatic carbocycles. The topological polar surface area (TPSA) is 75.7 Å². The average Bonchev–Trinajstić information content (AvgIpc) is 2.77. The first kappa shape index (κ1) is 22.8. The summed E-state index contributed by atoms with van der Waals surface area (Å²) >= 11 is 0. The van der Waals surface area contributed by atoms with Gasteiger partial charge in [-0.2, -0.15) is 4.31 Å². The van der Waals surface area contributed by atoms with Gasteiger partial charge in [-0.25, -0.2) is 8.42 Å². The van der Waals surface area contributed by atoms with Crippen molar-refractivity contribution in [3.8, 4) is 5.75 Å². The van der Waals surface area contributed by atoms with Crippen molar-refractivity contribution in [1.82, 2.24) is 9.62 Å². The molecule has 0 bridgehead atoms. The van der Waals surface area contributed by atoms with Crippen molar-refractivity contribution in [3.63, 3.8) is 0 Å². The van der Waals surface area contributed by atoms with E-state index in [1.54, 1.807) is 18.2 Å². The fraction of sp³-hybridized carbons (Fsp3) is 0.292. The number of fused-ring (bicyclic) bond motifs is 1. The van der Waals surface area contributed by atoms with E-state index in [0.29, 0.717) is 13.2 Å². The maximum atomic E-state index is 12.8. The minimum atomic E-state index is -3.75. The zero-order valence-electron chi connectivity index (χ0n) is 17.9. The number of sulfonamides is 1. The second kappa shape index (κ2) is 10.4. The molecule has 0 aliphatic rings. The Labute approximate surface area is 183 Å². The van der Waals surface area contributed by atoms with E-state index in [9.17, 15) is 13.2 Å². The molecule has 0 unspecified atom stereocenters. The van der Waals surface area contributed by atoms with Gasteiger partial charge in [0.2, 0.25) is 15.9 Å². The standard InChI is InChI=1S/C24H28N2O4S/c1-3-30-22-13-10-19(11-14-22)7-6-16-25-24(27)18-26(2)31(28,29)23-15-12-20-8-4-5-9-21(20)17-23/h4-5,8-15,17H,3,6-7,16,18H2,1-2H3,(H,25,27). The number of ether oxygens (including phenoxy) is 1. The van der Waals surface area contributed by atoms with Crippen LogP contribution in [0.25, 0.3) is 10.8 Å². The van der Waals surface area contributed by atoms with Gasteiger partial charge in [0.25, 0.3) is 0 Å². The smallest absolute Gasteiger partial charge is 0.243 e. The van der Waals surface area contributed by atoms with Crippen LogP contribution in [-0.2, 0) is 21.2 Å². The number of amides is 1. The molecular formula is C24H28N2O4S. The summed E-state index contributed by atoms with van der Waals surface area (Å²) in [5.74, 6) is 0.522. The summed E-state index contributed by atoms with van der Waals surface area (Å²) in [6.07, 6.45) is 1.58. The molecular weight excluding hydrogens is 412 g/mol. The molecule has 1 amide bonds. The van der Waals surface area contributed by atoms with Gasteiger partial charge >= 0.3 is 0 Å². The molecule has 7 heteroatoms. The normalized spacial score (nSPS) is 11.6. The summed E-state index contributed by atoms with van der Waals surface area (Å²) in [7, 11) is -2.33. The molecule has 164 valence electrons. The average molecular weight is 441 g/mol. The lowest BCUT2D eigenvalue weighted by Crippen LogP contribution is -2.38. The minimum Gasteiger partial charge on any atom is -0.494 e. The Balaban J connectivity index is 1.48. The number of hydrogen-bond acceptors (Lipinski definition) is 4. The number of nitrogens with zero attached hydrogens (tertiary/aromatic N) is 1.